The predicted octanol–water partition coefficient (Wildman–Crippen LogP) is 1.17. The van der Waals surface area contributed by atoms with Crippen LogP contribution < -0.4 is 5.73 Å². The van der Waals surface area contributed by atoms with Crippen LogP contribution in [0.2, 0.25) is 0 Å². The summed E-state index contributed by atoms with van der Waals surface area (Å²) < 4.78 is 0. The number of H-pyrrole nitrogens is 1. The van der Waals surface area contributed by atoms with Crippen LogP contribution >= 0.6 is 0 Å². The van der Waals surface area contributed by atoms with E-state index in [0.29, 0.717) is 5.56 Å². The average molecular weight is 240 g/mol. The summed E-state index contributed by atoms with van der Waals surface area (Å²) in [6.45, 7) is 0. The number of nitrogens with zero attached hydrogens (tertiary/aromatic N) is 2. The van der Waals surface area contributed by atoms with Crippen molar-refractivity contribution in [3.8, 4) is 6.07 Å². The molecule has 1 aromatic carbocycles. The number of nitriles is 1. The molecule has 0 bridgehead atoms. The first-order chi connectivity index (χ1) is 8.69. The summed E-state index contributed by atoms with van der Waals surface area (Å²) in [6, 6.07) is 11.2. The Labute approximate surface area is 104 Å². The van der Waals surface area contributed by atoms with Crippen LogP contribution in [0.3, 0.4) is 0 Å². The SMILES string of the molecule is N#Cc1cccc(CCc2cc(C(N)=O)n[nH]2)c1. The van der Waals surface area contributed by atoms with E-state index in [0.717, 1.165) is 24.1 Å². The van der Waals surface area contributed by atoms with E-state index in [-0.39, 0.29) is 5.69 Å². The molecule has 5 nitrogen and oxygen atoms in total. The Kier molecular flexibility index (Phi) is 3.39. The van der Waals surface area contributed by atoms with Gasteiger partial charge in [0.1, 0.15) is 5.69 Å². The molecule has 0 fully saturated rings. The zero-order valence-corrected chi connectivity index (χ0v) is 9.68. The van der Waals surface area contributed by atoms with Gasteiger partial charge in [0.25, 0.3) is 5.91 Å². The molecule has 0 atom stereocenters. The molecule has 1 aromatic heterocycles. The standard InChI is InChI=1S/C13H12N4O/c14-8-10-3-1-2-9(6-10)4-5-11-7-12(13(15)18)17-16-11/h1-3,6-7H,4-5H2,(H2,15,18)(H,16,17). The summed E-state index contributed by atoms with van der Waals surface area (Å²) in [7, 11) is 0. The number of benzene rings is 1. The number of rotatable bonds is 4. The van der Waals surface area contributed by atoms with E-state index in [1.807, 2.05) is 18.2 Å². The molecule has 1 amide bonds. The maximum absolute atomic E-state index is 10.9. The Hall–Kier alpha value is -2.61. The number of hydrogen-bond donors (Lipinski definition) is 2. The molecule has 0 aliphatic carbocycles. The van der Waals surface area contributed by atoms with Crippen molar-refractivity contribution in [1.82, 2.24) is 10.2 Å². The van der Waals surface area contributed by atoms with Crippen LogP contribution in [0, 0.1) is 11.3 Å². The fourth-order valence-electron chi connectivity index (χ4n) is 1.69. The van der Waals surface area contributed by atoms with Gasteiger partial charge in [-0.15, -0.1) is 0 Å². The lowest BCUT2D eigenvalue weighted by atomic mass is 10.1. The summed E-state index contributed by atoms with van der Waals surface area (Å²) in [5, 5.41) is 15.4. The number of carbonyl (C=O) groups is 1. The van der Waals surface area contributed by atoms with E-state index in [2.05, 4.69) is 16.3 Å². The zero-order chi connectivity index (χ0) is 13.0. The van der Waals surface area contributed by atoms with E-state index < -0.39 is 5.91 Å². The van der Waals surface area contributed by atoms with Crippen LogP contribution in [0.5, 0.6) is 0 Å². The van der Waals surface area contributed by atoms with Crippen LogP contribution in [-0.2, 0) is 12.8 Å². The van der Waals surface area contributed by atoms with Crippen molar-refractivity contribution in [3.05, 3.63) is 52.8 Å². The number of nitrogens with one attached hydrogen (secondary N) is 1. The number of carbonyl (C=O) groups excluding carboxylic acids is 1. The van der Waals surface area contributed by atoms with Crippen LogP contribution in [0.15, 0.2) is 30.3 Å². The van der Waals surface area contributed by atoms with E-state index >= 15 is 0 Å². The molecule has 0 spiro atoms. The number of aryl methyl sites for hydroxylation is 2. The van der Waals surface area contributed by atoms with Crippen molar-refractivity contribution in [2.24, 2.45) is 5.73 Å². The van der Waals surface area contributed by atoms with Gasteiger partial charge in [0.05, 0.1) is 11.6 Å². The number of aromatic nitrogens is 2. The Balaban J connectivity index is 2.02. The second-order valence-corrected chi connectivity index (χ2v) is 3.95. The molecule has 2 rings (SSSR count). The fourth-order valence-corrected chi connectivity index (χ4v) is 1.69. The molecule has 0 aliphatic rings. The number of amides is 1. The Morgan fingerprint density at radius 3 is 2.89 bits per heavy atom. The monoisotopic (exact) mass is 240 g/mol. The quantitative estimate of drug-likeness (QED) is 0.839. The first-order valence-corrected chi connectivity index (χ1v) is 5.52. The molecule has 0 unspecified atom stereocenters. The fraction of sp³-hybridized carbons (Fsp3) is 0.154. The molecule has 3 N–H and O–H groups in total. The number of nitrogens with two attached hydrogens (primary N) is 1. The Morgan fingerprint density at radius 1 is 1.39 bits per heavy atom. The van der Waals surface area contributed by atoms with Gasteiger partial charge in [0, 0.05) is 5.69 Å². The lowest BCUT2D eigenvalue weighted by Gasteiger charge is -1.99. The molecular weight excluding hydrogens is 228 g/mol. The lowest BCUT2D eigenvalue weighted by Crippen LogP contribution is -2.11. The van der Waals surface area contributed by atoms with Gasteiger partial charge >= 0.3 is 0 Å². The Bertz CT molecular complexity index is 609. The Morgan fingerprint density at radius 2 is 2.22 bits per heavy atom. The van der Waals surface area contributed by atoms with Crippen LogP contribution in [0.4, 0.5) is 0 Å². The highest BCUT2D eigenvalue weighted by molar-refractivity contribution is 5.90. The molecule has 0 radical (unpaired) electrons. The minimum atomic E-state index is -0.538. The molecule has 0 saturated heterocycles. The van der Waals surface area contributed by atoms with E-state index in [4.69, 9.17) is 11.0 Å². The van der Waals surface area contributed by atoms with Crippen LogP contribution in [0.25, 0.3) is 0 Å². The molecule has 1 heterocycles. The molecule has 0 aliphatic heterocycles. The third kappa shape index (κ3) is 2.74. The number of primary amides is 1. The average Bonchev–Trinajstić information content (AvgIpc) is 2.85. The summed E-state index contributed by atoms with van der Waals surface area (Å²) >= 11 is 0. The lowest BCUT2D eigenvalue weighted by molar-refractivity contribution is 0.0995. The van der Waals surface area contributed by atoms with Crippen molar-refractivity contribution in [1.29, 1.82) is 5.26 Å². The summed E-state index contributed by atoms with van der Waals surface area (Å²) in [6.07, 6.45) is 1.49. The second-order valence-electron chi connectivity index (χ2n) is 3.95. The second kappa shape index (κ2) is 5.15. The minimum absolute atomic E-state index is 0.246. The highest BCUT2D eigenvalue weighted by atomic mass is 16.1. The van der Waals surface area contributed by atoms with Crippen molar-refractivity contribution < 1.29 is 4.79 Å². The minimum Gasteiger partial charge on any atom is -0.364 e. The molecule has 90 valence electrons. The van der Waals surface area contributed by atoms with E-state index in [9.17, 15) is 4.79 Å². The largest absolute Gasteiger partial charge is 0.364 e. The van der Waals surface area contributed by atoms with Gasteiger partial charge in [-0.05, 0) is 36.6 Å². The van der Waals surface area contributed by atoms with Gasteiger partial charge in [0.15, 0.2) is 0 Å². The molecular formula is C13H12N4O. The zero-order valence-electron chi connectivity index (χ0n) is 9.68. The summed E-state index contributed by atoms with van der Waals surface area (Å²) in [5.74, 6) is -0.538. The van der Waals surface area contributed by atoms with Gasteiger partial charge in [-0.2, -0.15) is 10.4 Å². The van der Waals surface area contributed by atoms with Gasteiger partial charge < -0.3 is 5.73 Å². The maximum Gasteiger partial charge on any atom is 0.269 e. The molecule has 18 heavy (non-hydrogen) atoms. The van der Waals surface area contributed by atoms with Gasteiger partial charge in [0.2, 0.25) is 0 Å². The topological polar surface area (TPSA) is 95.6 Å². The van der Waals surface area contributed by atoms with Crippen LogP contribution in [0.1, 0.15) is 27.3 Å². The summed E-state index contributed by atoms with van der Waals surface area (Å²) in [4.78, 5) is 10.9. The van der Waals surface area contributed by atoms with Gasteiger partial charge in [-0.1, -0.05) is 12.1 Å². The third-order valence-electron chi connectivity index (χ3n) is 2.62. The molecule has 5 heteroatoms. The van der Waals surface area contributed by atoms with E-state index in [1.165, 1.54) is 0 Å². The van der Waals surface area contributed by atoms with Crippen molar-refractivity contribution >= 4 is 5.91 Å². The van der Waals surface area contributed by atoms with Crippen molar-refractivity contribution in [2.45, 2.75) is 12.8 Å². The van der Waals surface area contributed by atoms with Crippen LogP contribution in [-0.4, -0.2) is 16.1 Å². The highest BCUT2D eigenvalue weighted by Crippen LogP contribution is 2.08. The van der Waals surface area contributed by atoms with Gasteiger partial charge in [-0.3, -0.25) is 9.89 Å². The van der Waals surface area contributed by atoms with Crippen molar-refractivity contribution in [3.63, 3.8) is 0 Å². The normalized spacial score (nSPS) is 9.94. The summed E-state index contributed by atoms with van der Waals surface area (Å²) in [5.41, 5.74) is 7.94. The number of hydrogen-bond acceptors (Lipinski definition) is 3. The smallest absolute Gasteiger partial charge is 0.269 e. The highest BCUT2D eigenvalue weighted by Gasteiger charge is 2.06. The first kappa shape index (κ1) is 11.9. The van der Waals surface area contributed by atoms with E-state index in [1.54, 1.807) is 12.1 Å². The number of aromatic amines is 1. The van der Waals surface area contributed by atoms with Crippen molar-refractivity contribution in [2.75, 3.05) is 0 Å². The third-order valence-corrected chi connectivity index (χ3v) is 2.62. The predicted molar refractivity (Wildman–Crippen MR) is 65.7 cm³/mol. The van der Waals surface area contributed by atoms with Gasteiger partial charge in [-0.25, -0.2) is 0 Å². The molecule has 0 saturated carbocycles. The first-order valence-electron chi connectivity index (χ1n) is 5.52. The molecule has 2 aromatic rings. The maximum atomic E-state index is 10.9.